The van der Waals surface area contributed by atoms with E-state index in [0.717, 1.165) is 21.9 Å². The maximum atomic E-state index is 12.7. The summed E-state index contributed by atoms with van der Waals surface area (Å²) >= 11 is 1.36. The quantitative estimate of drug-likeness (QED) is 0.557. The van der Waals surface area contributed by atoms with Crippen LogP contribution in [0.4, 0.5) is 0 Å². The number of carbonyl (C=O) groups excluding carboxylic acids is 1. The topological polar surface area (TPSA) is 69.7 Å². The van der Waals surface area contributed by atoms with Gasteiger partial charge in [0.25, 0.3) is 5.91 Å². The van der Waals surface area contributed by atoms with E-state index < -0.39 is 0 Å². The van der Waals surface area contributed by atoms with Crippen molar-refractivity contribution in [1.82, 2.24) is 10.3 Å². The van der Waals surface area contributed by atoms with Crippen molar-refractivity contribution in [3.63, 3.8) is 0 Å². The summed E-state index contributed by atoms with van der Waals surface area (Å²) in [6.07, 6.45) is 0.129. The van der Waals surface area contributed by atoms with Crippen molar-refractivity contribution in [3.05, 3.63) is 58.6 Å². The van der Waals surface area contributed by atoms with Crippen molar-refractivity contribution < 1.29 is 19.0 Å². The van der Waals surface area contributed by atoms with Crippen LogP contribution >= 0.6 is 11.3 Å². The Morgan fingerprint density at radius 1 is 1.07 bits per heavy atom. The van der Waals surface area contributed by atoms with Gasteiger partial charge in [-0.15, -0.1) is 11.3 Å². The largest absolute Gasteiger partial charge is 0.493 e. The maximum absolute atomic E-state index is 12.7. The third-order valence-electron chi connectivity index (χ3n) is 4.38. The number of ether oxygens (including phenoxy) is 3. The molecule has 0 aliphatic rings. The molecule has 1 amide bonds. The lowest BCUT2D eigenvalue weighted by molar-refractivity contribution is 0.0954. The Hall–Kier alpha value is -3.06. The number of carbonyl (C=O) groups is 1. The molecule has 0 aliphatic carbocycles. The predicted octanol–water partition coefficient (Wildman–Crippen LogP) is 4.85. The minimum Gasteiger partial charge on any atom is -0.493 e. The highest BCUT2D eigenvalue weighted by atomic mass is 32.1. The molecule has 0 unspecified atom stereocenters. The van der Waals surface area contributed by atoms with Crippen LogP contribution in [0.15, 0.2) is 42.5 Å². The summed E-state index contributed by atoms with van der Waals surface area (Å²) in [6, 6.07) is 13.3. The molecule has 6 nitrogen and oxygen atoms in total. The van der Waals surface area contributed by atoms with Crippen LogP contribution in [0.25, 0.3) is 10.6 Å². The second-order valence-corrected chi connectivity index (χ2v) is 8.00. The van der Waals surface area contributed by atoms with Crippen LogP contribution in [-0.2, 0) is 6.54 Å². The van der Waals surface area contributed by atoms with Crippen LogP contribution in [-0.4, -0.2) is 31.2 Å². The highest BCUT2D eigenvalue weighted by molar-refractivity contribution is 7.17. The highest BCUT2D eigenvalue weighted by Gasteiger charge is 2.17. The zero-order valence-corrected chi connectivity index (χ0v) is 18.6. The van der Waals surface area contributed by atoms with Gasteiger partial charge >= 0.3 is 0 Å². The number of rotatable bonds is 8. The van der Waals surface area contributed by atoms with Gasteiger partial charge in [-0.2, -0.15) is 0 Å². The molecule has 3 rings (SSSR count). The van der Waals surface area contributed by atoms with Crippen LogP contribution in [0, 0.1) is 6.92 Å². The van der Waals surface area contributed by atoms with Crippen molar-refractivity contribution in [1.29, 1.82) is 0 Å². The van der Waals surface area contributed by atoms with Gasteiger partial charge in [-0.1, -0.05) is 12.1 Å². The molecule has 3 aromatic rings. The SMILES string of the molecule is COc1ccc(-c2nc(C)c(C(=O)NCc3ccc(OC(C)C)cc3)s2)cc1OC. The molecular weight excluding hydrogens is 400 g/mol. The Labute approximate surface area is 180 Å². The first-order valence-electron chi connectivity index (χ1n) is 9.65. The van der Waals surface area contributed by atoms with Crippen LogP contribution in [0.3, 0.4) is 0 Å². The summed E-state index contributed by atoms with van der Waals surface area (Å²) in [5, 5.41) is 3.73. The zero-order valence-electron chi connectivity index (χ0n) is 17.8. The van der Waals surface area contributed by atoms with Crippen LogP contribution in [0.1, 0.15) is 34.8 Å². The number of aryl methyl sites for hydroxylation is 1. The molecule has 158 valence electrons. The van der Waals surface area contributed by atoms with E-state index in [-0.39, 0.29) is 12.0 Å². The fraction of sp³-hybridized carbons (Fsp3) is 0.304. The first-order chi connectivity index (χ1) is 14.4. The van der Waals surface area contributed by atoms with Gasteiger partial charge in [-0.05, 0) is 56.7 Å². The molecule has 1 heterocycles. The molecule has 0 aliphatic heterocycles. The molecule has 7 heteroatoms. The number of amides is 1. The smallest absolute Gasteiger partial charge is 0.263 e. The summed E-state index contributed by atoms with van der Waals surface area (Å²) in [4.78, 5) is 17.9. The van der Waals surface area contributed by atoms with E-state index in [9.17, 15) is 4.79 Å². The zero-order chi connectivity index (χ0) is 21.7. The van der Waals surface area contributed by atoms with Crippen LogP contribution in [0.5, 0.6) is 17.2 Å². The Kier molecular flexibility index (Phi) is 6.95. The molecule has 2 aromatic carbocycles. The second-order valence-electron chi connectivity index (χ2n) is 7.00. The van der Waals surface area contributed by atoms with Gasteiger partial charge in [-0.25, -0.2) is 4.98 Å². The van der Waals surface area contributed by atoms with Crippen molar-refractivity contribution in [2.75, 3.05) is 14.2 Å². The normalized spacial score (nSPS) is 10.7. The number of methoxy groups -OCH3 is 2. The van der Waals surface area contributed by atoms with Crippen molar-refractivity contribution in [3.8, 4) is 27.8 Å². The molecule has 0 saturated heterocycles. The van der Waals surface area contributed by atoms with Gasteiger partial charge in [0.05, 0.1) is 26.0 Å². The third kappa shape index (κ3) is 5.10. The highest BCUT2D eigenvalue weighted by Crippen LogP contribution is 2.35. The van der Waals surface area contributed by atoms with Gasteiger partial charge in [0.1, 0.15) is 15.6 Å². The molecule has 0 fully saturated rings. The summed E-state index contributed by atoms with van der Waals surface area (Å²) in [5.74, 6) is 1.95. The average molecular weight is 427 g/mol. The summed E-state index contributed by atoms with van der Waals surface area (Å²) in [6.45, 7) is 6.25. The first-order valence-corrected chi connectivity index (χ1v) is 10.5. The van der Waals surface area contributed by atoms with E-state index in [0.29, 0.717) is 28.6 Å². The standard InChI is InChI=1S/C23H26N2O4S/c1-14(2)29-18-9-6-16(7-10-18)13-24-22(26)21-15(3)25-23(30-21)17-8-11-19(27-4)20(12-17)28-5/h6-12,14H,13H2,1-5H3,(H,24,26). The van der Waals surface area contributed by atoms with E-state index >= 15 is 0 Å². The Bertz CT molecular complexity index is 1010. The number of nitrogens with zero attached hydrogens (tertiary/aromatic N) is 1. The molecule has 0 radical (unpaired) electrons. The lowest BCUT2D eigenvalue weighted by atomic mass is 10.2. The summed E-state index contributed by atoms with van der Waals surface area (Å²) in [5.41, 5.74) is 2.57. The monoisotopic (exact) mass is 426 g/mol. The van der Waals surface area contributed by atoms with Gasteiger partial charge in [0.15, 0.2) is 11.5 Å². The Morgan fingerprint density at radius 2 is 1.77 bits per heavy atom. The van der Waals surface area contributed by atoms with Crippen molar-refractivity contribution >= 4 is 17.2 Å². The molecule has 1 aromatic heterocycles. The second kappa shape index (κ2) is 9.63. The molecular formula is C23H26N2O4S. The van der Waals surface area contributed by atoms with Crippen LogP contribution in [0.2, 0.25) is 0 Å². The first kappa shape index (κ1) is 21.6. The number of aromatic nitrogens is 1. The number of nitrogens with one attached hydrogen (secondary N) is 1. The minimum absolute atomic E-state index is 0.129. The Balaban J connectivity index is 1.69. The van der Waals surface area contributed by atoms with Crippen molar-refractivity contribution in [2.45, 2.75) is 33.4 Å². The van der Waals surface area contributed by atoms with Gasteiger partial charge in [0.2, 0.25) is 0 Å². The fourth-order valence-electron chi connectivity index (χ4n) is 2.92. The molecule has 0 spiro atoms. The average Bonchev–Trinajstić information content (AvgIpc) is 3.13. The van der Waals surface area contributed by atoms with E-state index in [1.807, 2.05) is 63.2 Å². The molecule has 0 atom stereocenters. The number of thiazole rings is 1. The van der Waals surface area contributed by atoms with E-state index in [1.165, 1.54) is 11.3 Å². The molecule has 0 bridgehead atoms. The molecule has 0 saturated carbocycles. The number of benzene rings is 2. The lowest BCUT2D eigenvalue weighted by Gasteiger charge is -2.10. The third-order valence-corrected chi connectivity index (χ3v) is 5.59. The van der Waals surface area contributed by atoms with Crippen LogP contribution < -0.4 is 19.5 Å². The lowest BCUT2D eigenvalue weighted by Crippen LogP contribution is -2.22. The predicted molar refractivity (Wildman–Crippen MR) is 119 cm³/mol. The summed E-state index contributed by atoms with van der Waals surface area (Å²) < 4.78 is 16.3. The van der Waals surface area contributed by atoms with Gasteiger partial charge in [0, 0.05) is 12.1 Å². The maximum Gasteiger partial charge on any atom is 0.263 e. The van der Waals surface area contributed by atoms with E-state index in [2.05, 4.69) is 10.3 Å². The van der Waals surface area contributed by atoms with Crippen molar-refractivity contribution in [2.24, 2.45) is 0 Å². The minimum atomic E-state index is -0.140. The van der Waals surface area contributed by atoms with E-state index in [4.69, 9.17) is 14.2 Å². The molecule has 30 heavy (non-hydrogen) atoms. The number of hydrogen-bond donors (Lipinski definition) is 1. The van der Waals surface area contributed by atoms with E-state index in [1.54, 1.807) is 14.2 Å². The number of hydrogen-bond acceptors (Lipinski definition) is 6. The Morgan fingerprint density at radius 3 is 2.40 bits per heavy atom. The van der Waals surface area contributed by atoms with Gasteiger partial charge in [-0.3, -0.25) is 4.79 Å². The molecule has 1 N–H and O–H groups in total. The fourth-order valence-corrected chi connectivity index (χ4v) is 3.90. The summed E-state index contributed by atoms with van der Waals surface area (Å²) in [7, 11) is 3.19. The van der Waals surface area contributed by atoms with Gasteiger partial charge < -0.3 is 19.5 Å².